The Kier molecular flexibility index (Phi) is 6.20. The van der Waals surface area contributed by atoms with Gasteiger partial charge in [-0.05, 0) is 30.2 Å². The molecule has 4 aliphatic rings. The number of likely N-dealkylation sites (N-methyl/N-ethyl adjacent to an activating group) is 1. The Bertz CT molecular complexity index is 1630. The number of carbonyl (C=O) groups excluding carboxylic acids is 1. The number of hydrogen-bond donors (Lipinski definition) is 0. The monoisotopic (exact) mass is 549 g/mol. The van der Waals surface area contributed by atoms with E-state index in [4.69, 9.17) is 9.72 Å². The summed E-state index contributed by atoms with van der Waals surface area (Å²) >= 11 is 0. The Morgan fingerprint density at radius 1 is 1.05 bits per heavy atom. The number of hydrogen-bond acceptors (Lipinski definition) is 9. The van der Waals surface area contributed by atoms with Gasteiger partial charge in [0.15, 0.2) is 0 Å². The third-order valence-corrected chi connectivity index (χ3v) is 8.64. The average molecular weight is 550 g/mol. The molecule has 2 bridgehead atoms. The molecule has 2 unspecified atom stereocenters. The van der Waals surface area contributed by atoms with E-state index in [2.05, 4.69) is 55.1 Å². The number of methoxy groups -OCH3 is 1. The molecule has 0 radical (unpaired) electrons. The van der Waals surface area contributed by atoms with Crippen molar-refractivity contribution in [3.05, 3.63) is 66.2 Å². The number of aromatic nitrogens is 4. The van der Waals surface area contributed by atoms with Gasteiger partial charge in [0.25, 0.3) is 0 Å². The molecule has 1 amide bonds. The molecule has 8 heterocycles. The summed E-state index contributed by atoms with van der Waals surface area (Å²) in [6, 6.07) is 13.5. The van der Waals surface area contributed by atoms with Crippen molar-refractivity contribution in [3.8, 4) is 23.1 Å². The molecule has 4 aromatic rings. The minimum atomic E-state index is 0.0842. The number of amides is 1. The number of piperazine rings is 2. The summed E-state index contributed by atoms with van der Waals surface area (Å²) in [7, 11) is 3.46. The fourth-order valence-corrected chi connectivity index (χ4v) is 6.26. The van der Waals surface area contributed by atoms with Gasteiger partial charge >= 0.3 is 0 Å². The van der Waals surface area contributed by atoms with Crippen molar-refractivity contribution in [1.82, 2.24) is 29.4 Å². The zero-order valence-corrected chi connectivity index (χ0v) is 23.1. The Hall–Kier alpha value is -4.69. The van der Waals surface area contributed by atoms with Crippen molar-refractivity contribution in [2.75, 3.05) is 56.7 Å². The fraction of sp³-hybridized carbons (Fsp3) is 0.367. The summed E-state index contributed by atoms with van der Waals surface area (Å²) < 4.78 is 6.93. The van der Waals surface area contributed by atoms with Crippen LogP contribution in [-0.2, 0) is 11.3 Å². The Labute approximate surface area is 238 Å². The first-order valence-corrected chi connectivity index (χ1v) is 13.9. The lowest BCUT2D eigenvalue weighted by atomic mass is 9.87. The van der Waals surface area contributed by atoms with Crippen molar-refractivity contribution < 1.29 is 9.53 Å². The van der Waals surface area contributed by atoms with E-state index in [0.29, 0.717) is 36.6 Å². The lowest BCUT2D eigenvalue weighted by Crippen LogP contribution is -2.68. The number of piperidine rings is 1. The summed E-state index contributed by atoms with van der Waals surface area (Å²) in [5.41, 5.74) is 5.13. The summed E-state index contributed by atoms with van der Waals surface area (Å²) in [5.74, 6) is 1.68. The van der Waals surface area contributed by atoms with E-state index < -0.39 is 0 Å². The van der Waals surface area contributed by atoms with Gasteiger partial charge in [-0.3, -0.25) is 9.69 Å². The van der Waals surface area contributed by atoms with Crippen LogP contribution in [0.15, 0.2) is 55.1 Å². The Morgan fingerprint density at radius 3 is 2.59 bits per heavy atom. The third kappa shape index (κ3) is 4.50. The largest absolute Gasteiger partial charge is 0.481 e. The van der Waals surface area contributed by atoms with E-state index in [0.717, 1.165) is 54.3 Å². The van der Waals surface area contributed by atoms with Gasteiger partial charge in [0.1, 0.15) is 11.9 Å². The van der Waals surface area contributed by atoms with Gasteiger partial charge in [-0.1, -0.05) is 6.07 Å². The quantitative estimate of drug-likeness (QED) is 0.358. The second kappa shape index (κ2) is 10.1. The molecule has 11 nitrogen and oxygen atoms in total. The van der Waals surface area contributed by atoms with Gasteiger partial charge in [0, 0.05) is 81.4 Å². The summed E-state index contributed by atoms with van der Waals surface area (Å²) in [4.78, 5) is 30.4. The normalized spacial score (nSPS) is 20.7. The van der Waals surface area contributed by atoms with E-state index >= 15 is 0 Å². The molecule has 41 heavy (non-hydrogen) atoms. The number of rotatable bonds is 6. The van der Waals surface area contributed by atoms with Crippen LogP contribution in [-0.4, -0.2) is 94.3 Å². The smallest absolute Gasteiger partial charge is 0.241 e. The zero-order valence-electron chi connectivity index (χ0n) is 23.1. The molecule has 4 aromatic heterocycles. The molecular weight excluding hydrogens is 518 g/mol. The molecule has 4 aliphatic heterocycles. The molecule has 0 aliphatic carbocycles. The lowest BCUT2D eigenvalue weighted by Gasteiger charge is -2.56. The van der Waals surface area contributed by atoms with Crippen LogP contribution in [0, 0.1) is 11.3 Å². The molecule has 0 spiro atoms. The molecule has 0 aromatic carbocycles. The van der Waals surface area contributed by atoms with Crippen molar-refractivity contribution in [2.24, 2.45) is 0 Å². The van der Waals surface area contributed by atoms with Crippen LogP contribution in [0.5, 0.6) is 5.88 Å². The number of nitriles is 1. The van der Waals surface area contributed by atoms with E-state index in [1.807, 2.05) is 31.7 Å². The number of carbonyl (C=O) groups is 1. The van der Waals surface area contributed by atoms with Crippen molar-refractivity contribution >= 4 is 22.9 Å². The molecular formula is C30H31N9O2. The lowest BCUT2D eigenvalue weighted by molar-refractivity contribution is -0.129. The predicted molar refractivity (Wildman–Crippen MR) is 154 cm³/mol. The highest BCUT2D eigenvalue weighted by molar-refractivity contribution is 5.88. The van der Waals surface area contributed by atoms with Crippen LogP contribution in [0.3, 0.4) is 0 Å². The summed E-state index contributed by atoms with van der Waals surface area (Å²) in [6.07, 6.45) is 8.48. The van der Waals surface area contributed by atoms with Gasteiger partial charge in [-0.25, -0.2) is 14.5 Å². The number of fused-ring (bicyclic) bond motifs is 3. The van der Waals surface area contributed by atoms with Crippen LogP contribution in [0.1, 0.15) is 17.5 Å². The predicted octanol–water partition coefficient (Wildman–Crippen LogP) is 2.41. The van der Waals surface area contributed by atoms with Gasteiger partial charge in [-0.15, -0.1) is 0 Å². The van der Waals surface area contributed by atoms with E-state index in [1.165, 1.54) is 12.0 Å². The summed E-state index contributed by atoms with van der Waals surface area (Å²) in [5, 5.41) is 14.2. The average Bonchev–Trinajstić information content (AvgIpc) is 3.44. The van der Waals surface area contributed by atoms with Crippen LogP contribution >= 0.6 is 0 Å². The molecule has 4 fully saturated rings. The highest BCUT2D eigenvalue weighted by Crippen LogP contribution is 2.37. The molecule has 0 saturated carbocycles. The number of nitrogens with zero attached hydrogens (tertiary/aromatic N) is 9. The van der Waals surface area contributed by atoms with E-state index in [9.17, 15) is 10.1 Å². The Morgan fingerprint density at radius 2 is 1.90 bits per heavy atom. The van der Waals surface area contributed by atoms with Crippen LogP contribution < -0.4 is 14.5 Å². The van der Waals surface area contributed by atoms with E-state index in [-0.39, 0.29) is 5.91 Å². The molecule has 11 heteroatoms. The highest BCUT2D eigenvalue weighted by Gasteiger charge is 2.44. The minimum Gasteiger partial charge on any atom is -0.481 e. The number of anilines is 2. The molecule has 8 rings (SSSR count). The first kappa shape index (κ1) is 25.3. The standard InChI is InChI=1S/C30H31N9O2/c1-35-7-8-36(19-29(35)40)23-10-26(30-22(11-31)14-34-39(30)18-23)21-4-5-27(32-13-21)37-16-24-9-25(17-37)38(24)15-20-3-6-28(41-2)33-12-20/h3-6,10,12-14,18,24-25H,7-9,15-17,19H2,1-2H3. The SMILES string of the molecule is COc1ccc(CN2C3CC2CN(c2ccc(-c4cc(N5CCN(C)C(=O)C5)cn5ncc(C#N)c45)cn2)C3)cn1. The van der Waals surface area contributed by atoms with Gasteiger partial charge in [0.05, 0.1) is 42.8 Å². The van der Waals surface area contributed by atoms with Crippen LogP contribution in [0.2, 0.25) is 0 Å². The van der Waals surface area contributed by atoms with E-state index in [1.54, 1.807) is 22.7 Å². The maximum absolute atomic E-state index is 12.4. The maximum atomic E-state index is 12.4. The third-order valence-electron chi connectivity index (χ3n) is 8.64. The number of pyridine rings is 3. The maximum Gasteiger partial charge on any atom is 0.241 e. The minimum absolute atomic E-state index is 0.0842. The van der Waals surface area contributed by atoms with Crippen LogP contribution in [0.25, 0.3) is 16.6 Å². The van der Waals surface area contributed by atoms with Crippen LogP contribution in [0.4, 0.5) is 11.5 Å². The first-order valence-electron chi connectivity index (χ1n) is 13.9. The van der Waals surface area contributed by atoms with Crippen molar-refractivity contribution in [1.29, 1.82) is 5.26 Å². The highest BCUT2D eigenvalue weighted by atomic mass is 16.5. The molecule has 4 saturated heterocycles. The molecule has 0 N–H and O–H groups in total. The fourth-order valence-electron chi connectivity index (χ4n) is 6.26. The second-order valence-corrected chi connectivity index (χ2v) is 11.0. The second-order valence-electron chi connectivity index (χ2n) is 11.0. The van der Waals surface area contributed by atoms with Gasteiger partial charge in [0.2, 0.25) is 11.8 Å². The molecule has 208 valence electrons. The van der Waals surface area contributed by atoms with Gasteiger partial charge in [-0.2, -0.15) is 10.4 Å². The number of ether oxygens (including phenoxy) is 1. The summed E-state index contributed by atoms with van der Waals surface area (Å²) in [6.45, 7) is 4.48. The van der Waals surface area contributed by atoms with Crippen molar-refractivity contribution in [2.45, 2.75) is 25.0 Å². The zero-order chi connectivity index (χ0) is 28.1. The topological polar surface area (TPSA) is 106 Å². The van der Waals surface area contributed by atoms with Gasteiger partial charge < -0.3 is 19.4 Å². The van der Waals surface area contributed by atoms with Crippen molar-refractivity contribution in [3.63, 3.8) is 0 Å². The first-order chi connectivity index (χ1) is 20.0. The Balaban J connectivity index is 1.11. The molecule has 2 atom stereocenters.